The van der Waals surface area contributed by atoms with Gasteiger partial charge in [0.15, 0.2) is 0 Å². The minimum Gasteiger partial charge on any atom is -0.497 e. The summed E-state index contributed by atoms with van der Waals surface area (Å²) in [7, 11) is 7.91. The van der Waals surface area contributed by atoms with Crippen LogP contribution in [-0.2, 0) is 26.7 Å². The highest BCUT2D eigenvalue weighted by Crippen LogP contribution is 2.05. The van der Waals surface area contributed by atoms with Crippen LogP contribution in [0.3, 0.4) is 0 Å². The molecule has 0 aliphatic rings. The third kappa shape index (κ3) is 127. The van der Waals surface area contributed by atoms with Crippen molar-refractivity contribution in [1.82, 2.24) is 0 Å². The minimum absolute atomic E-state index is 0. The van der Waals surface area contributed by atoms with Gasteiger partial charge in [0, 0.05) is 1.37 Å². The molecule has 71 heavy (non-hydrogen) atoms. The van der Waals surface area contributed by atoms with Crippen LogP contribution < -0.4 is 4.74 Å². The molecule has 0 heterocycles. The lowest BCUT2D eigenvalue weighted by Crippen LogP contribution is -1.78. The molecule has 0 saturated carbocycles. The monoisotopic (exact) mass is 1050 g/mol. The Hall–Kier alpha value is -4.88. The molecule has 0 bridgehead atoms. The van der Waals surface area contributed by atoms with Crippen molar-refractivity contribution in [3.63, 3.8) is 0 Å². The van der Waals surface area contributed by atoms with Crippen LogP contribution in [0.1, 0.15) is 139 Å². The Morgan fingerprint density at radius 3 is 0.521 bits per heavy atom. The molecule has 0 aliphatic carbocycles. The molecule has 428 valence electrons. The van der Waals surface area contributed by atoms with Crippen molar-refractivity contribution in [3.8, 4) is 5.75 Å². The first kappa shape index (κ1) is 116. The average molecular weight is 1050 g/mol. The summed E-state index contributed by atoms with van der Waals surface area (Å²) in [6.45, 7) is 8.02. The highest BCUT2D eigenvalue weighted by molar-refractivity contribution is 6.05. The maximum Gasteiger partial charge on any atom is 0.229 e. The molecule has 5 aromatic rings. The van der Waals surface area contributed by atoms with Crippen LogP contribution in [0.15, 0.2) is 152 Å². The number of benzene rings is 5. The van der Waals surface area contributed by atoms with Crippen molar-refractivity contribution in [1.29, 1.82) is 0 Å². The number of rotatable bonds is 5. The molecule has 0 spiro atoms. The normalized spacial score (nSPS) is 6.61. The lowest BCUT2D eigenvalue weighted by Gasteiger charge is -1.93. The second kappa shape index (κ2) is 138. The summed E-state index contributed by atoms with van der Waals surface area (Å²) in [6, 6.07) is 45.9. The topological polar surface area (TPSA) is 9.23 Å². The van der Waals surface area contributed by atoms with Crippen molar-refractivity contribution in [3.05, 3.63) is 174 Å². The van der Waals surface area contributed by atoms with Gasteiger partial charge in [0.1, 0.15) is 32.4 Å². The fourth-order valence-corrected chi connectivity index (χ4v) is 2.82. The van der Waals surface area contributed by atoms with Crippen LogP contribution in [0.2, 0.25) is 6.82 Å². The molecular formula is C57H107BF12O. The number of alkyl halides is 12. The molecule has 0 fully saturated rings. The highest BCUT2D eigenvalue weighted by Gasteiger charge is 1.85. The summed E-state index contributed by atoms with van der Waals surface area (Å²) in [5.74, 6) is 0.910. The van der Waals surface area contributed by atoms with E-state index in [-0.39, 0.29) is 92.8 Å². The van der Waals surface area contributed by atoms with E-state index < -0.39 is 20.8 Å². The van der Waals surface area contributed by atoms with E-state index in [1.165, 1.54) is 21.1 Å². The molecular weight excluding hydrogens is 939 g/mol. The quantitative estimate of drug-likeness (QED) is 0.126. The Kier molecular flexibility index (Phi) is 225. The van der Waals surface area contributed by atoms with E-state index in [1.807, 2.05) is 145 Å². The Labute approximate surface area is 435 Å². The van der Waals surface area contributed by atoms with E-state index in [0.29, 0.717) is 7.18 Å². The maximum absolute atomic E-state index is 11.7. The van der Waals surface area contributed by atoms with Crippen molar-refractivity contribution in [2.75, 3.05) is 41.7 Å². The van der Waals surface area contributed by atoms with E-state index in [0.717, 1.165) is 28.0 Å². The summed E-state index contributed by atoms with van der Waals surface area (Å²) in [5.41, 5.74) is 2.97. The third-order valence-corrected chi connectivity index (χ3v) is 4.97. The van der Waals surface area contributed by atoms with Crippen molar-refractivity contribution in [2.24, 2.45) is 0 Å². The first-order chi connectivity index (χ1) is 31.3. The SMILES string of the molecule is C.C.C.C.C.C.C.C.CC.CC.CC.CCF.CF.COc1ccccc1.FCF.FCF.FCF.FCc1ccccc1.FCc1ccccc1.FCc1ccccc1.FCc1ccccc1.[2H]C.[B]C. The summed E-state index contributed by atoms with van der Waals surface area (Å²) in [4.78, 5) is 0. The van der Waals surface area contributed by atoms with Crippen molar-refractivity contribution in [2.45, 2.75) is 149 Å². The molecule has 0 aliphatic heterocycles. The van der Waals surface area contributed by atoms with Crippen LogP contribution in [-0.4, -0.2) is 49.6 Å². The van der Waals surface area contributed by atoms with Gasteiger partial charge in [-0.25, -0.2) is 43.9 Å². The van der Waals surface area contributed by atoms with Gasteiger partial charge in [-0.2, -0.15) is 0 Å². The van der Waals surface area contributed by atoms with Gasteiger partial charge in [0.05, 0.1) is 28.8 Å². The predicted molar refractivity (Wildman–Crippen MR) is 304 cm³/mol. The zero-order chi connectivity index (χ0) is 51.9. The van der Waals surface area contributed by atoms with E-state index in [9.17, 15) is 52.7 Å². The Morgan fingerprint density at radius 2 is 0.451 bits per heavy atom. The molecule has 1 nitrogen and oxygen atoms in total. The van der Waals surface area contributed by atoms with Gasteiger partial charge in [-0.15, -0.1) is 0 Å². The van der Waals surface area contributed by atoms with Gasteiger partial charge < -0.3 is 4.74 Å². The van der Waals surface area contributed by atoms with Crippen molar-refractivity contribution < 1.29 is 58.8 Å². The second-order valence-electron chi connectivity index (χ2n) is 8.56. The molecule has 0 N–H and O–H groups in total. The van der Waals surface area contributed by atoms with Crippen LogP contribution in [0.5, 0.6) is 5.75 Å². The van der Waals surface area contributed by atoms with Gasteiger partial charge >= 0.3 is 0 Å². The lowest BCUT2D eigenvalue weighted by atomic mass is 10.2. The van der Waals surface area contributed by atoms with Gasteiger partial charge in [0.25, 0.3) is 0 Å². The van der Waals surface area contributed by atoms with Gasteiger partial charge in [-0.3, -0.25) is 8.78 Å². The Balaban J connectivity index is -0.0000000279. The van der Waals surface area contributed by atoms with Gasteiger partial charge in [-0.1, -0.05) is 255 Å². The number of halogens is 12. The third-order valence-electron chi connectivity index (χ3n) is 4.97. The summed E-state index contributed by atoms with van der Waals surface area (Å²) in [6.07, 6.45) is 0. The van der Waals surface area contributed by atoms with Gasteiger partial charge in [-0.05, 0) is 41.3 Å². The molecule has 0 aromatic heterocycles. The van der Waals surface area contributed by atoms with E-state index in [2.05, 4.69) is 7.85 Å². The summed E-state index contributed by atoms with van der Waals surface area (Å²) in [5, 5.41) is 0. The Bertz CT molecular complexity index is 1060. The zero-order valence-electron chi connectivity index (χ0n) is 40.1. The molecule has 5 aromatic carbocycles. The van der Waals surface area contributed by atoms with Crippen molar-refractivity contribution >= 4 is 7.85 Å². The smallest absolute Gasteiger partial charge is 0.229 e. The largest absolute Gasteiger partial charge is 0.497 e. The standard InChI is InChI=1S/4C7H7F.C7H8O.C2H5F.3C2H6.CH3B.3CH2F2.CH3F.9CH4/c4*8-6-7-4-2-1-3-5-7;1-8-7-5-3-2-4-6-7;1-2-3;4*1-2;3*2-1-3;1-2;;;;;;;;;/h4*1-5H,6H2;2-6H,1H3;2H2,1H3;3*1-2H3;1H3;3*1H2;1H3;9*1H4/i;;;;;;;;;;;;;;1D;;;;;;;;. The number of hydrogen-bond acceptors (Lipinski definition) is 1. The summed E-state index contributed by atoms with van der Waals surface area (Å²) < 4.78 is 135. The number of ether oxygens (including phenoxy) is 1. The molecule has 14 heteroatoms. The molecule has 0 unspecified atom stereocenters. The minimum atomic E-state index is -1.75. The fourth-order valence-electron chi connectivity index (χ4n) is 2.82. The number of hydrogen-bond donors (Lipinski definition) is 0. The zero-order valence-corrected chi connectivity index (χ0v) is 39.1. The molecule has 5 rings (SSSR count). The lowest BCUT2D eigenvalue weighted by molar-refractivity contribution is 0.295. The van der Waals surface area contributed by atoms with Crippen LogP contribution in [0.4, 0.5) is 52.7 Å². The van der Waals surface area contributed by atoms with Gasteiger partial charge in [0.2, 0.25) is 20.8 Å². The summed E-state index contributed by atoms with van der Waals surface area (Å²) >= 11 is 0. The van der Waals surface area contributed by atoms with E-state index in [1.54, 1.807) is 55.6 Å². The highest BCUT2D eigenvalue weighted by atomic mass is 19.3. The first-order valence-corrected chi connectivity index (χ1v) is 19.2. The maximum atomic E-state index is 11.7. The first-order valence-electron chi connectivity index (χ1n) is 20.2. The van der Waals surface area contributed by atoms with Crippen LogP contribution in [0, 0.1) is 0 Å². The second-order valence-corrected chi connectivity index (χ2v) is 8.56. The predicted octanol–water partition coefficient (Wildman–Crippen LogP) is 23.5. The molecule has 0 amide bonds. The average Bonchev–Trinajstić information content (AvgIpc) is 3.40. The van der Waals surface area contributed by atoms with Crippen LogP contribution >= 0.6 is 0 Å². The van der Waals surface area contributed by atoms with E-state index in [4.69, 9.17) is 6.11 Å². The van der Waals surface area contributed by atoms with E-state index >= 15 is 0 Å². The Morgan fingerprint density at radius 1 is 0.338 bits per heavy atom. The molecule has 0 saturated heterocycles. The fraction of sp³-hybridized carbons (Fsp3) is 0.474. The molecule has 0 atom stereocenters. The number of methoxy groups -OCH3 is 1. The van der Waals surface area contributed by atoms with Crippen LogP contribution in [0.25, 0.3) is 0 Å². The molecule has 2 radical (unpaired) electrons. The number of para-hydroxylation sites is 1.